The third-order valence-corrected chi connectivity index (χ3v) is 12.1. The second-order valence-electron chi connectivity index (χ2n) is 16.9. The number of rotatable bonds is 12. The molecule has 0 unspecified atom stereocenters. The van der Waals surface area contributed by atoms with Gasteiger partial charge < -0.3 is 20.9 Å². The van der Waals surface area contributed by atoms with Crippen molar-refractivity contribution in [3.05, 3.63) is 155 Å². The van der Waals surface area contributed by atoms with Gasteiger partial charge in [-0.05, 0) is 103 Å². The first kappa shape index (κ1) is 45.2. The Hall–Kier alpha value is -7.36. The number of anilines is 2. The largest absolute Gasteiger partial charge is 0.351 e. The normalized spacial score (nSPS) is 17.2. The number of nitrogens with two attached hydrogens (primary N) is 1. The molecule has 0 aliphatic carbocycles. The number of nitrogens with zero attached hydrogens (tertiary/aromatic N) is 7. The standard InChI is InChI=1S/C51H51F2N9O4/c1-34-29-58(31-36-7-13-42(52)14-8-36)21-23-60(34)49(64)17-11-40-26-44-39(6-4-19-55-44)27-46(40)57-48(63)33-62(51(54)66)47-28-45-38(5-3-20-56-45)25-41(47)12-18-50(65)61-24-22-59(30-35(61)2)32-37-9-15-43(53)16-10-37/h3-20,25-28,34-35H,21-24,29-33H2,1-2H3,(H2,54,66)(H,57,63)/b17-11+,18-12+/t34-,35-/m1/s1. The van der Waals surface area contributed by atoms with Crippen molar-refractivity contribution in [2.24, 2.45) is 5.73 Å². The molecule has 2 aliphatic rings. The van der Waals surface area contributed by atoms with Gasteiger partial charge in [-0.3, -0.25) is 39.1 Å². The van der Waals surface area contributed by atoms with Crippen molar-refractivity contribution in [3.8, 4) is 0 Å². The van der Waals surface area contributed by atoms with E-state index < -0.39 is 18.5 Å². The Morgan fingerprint density at radius 2 is 1.18 bits per heavy atom. The van der Waals surface area contributed by atoms with Gasteiger partial charge in [0, 0.05) is 111 Å². The zero-order chi connectivity index (χ0) is 46.3. The van der Waals surface area contributed by atoms with Crippen molar-refractivity contribution >= 4 is 69.1 Å². The van der Waals surface area contributed by atoms with Gasteiger partial charge in [0.05, 0.1) is 16.7 Å². The molecular formula is C51H51F2N9O4. The summed E-state index contributed by atoms with van der Waals surface area (Å²) in [7, 11) is 0. The van der Waals surface area contributed by atoms with Crippen molar-refractivity contribution < 1.29 is 28.0 Å². The Bertz CT molecular complexity index is 2820. The lowest BCUT2D eigenvalue weighted by Crippen LogP contribution is -2.53. The number of hydrogen-bond donors (Lipinski definition) is 2. The molecule has 0 saturated carbocycles. The molecule has 0 spiro atoms. The van der Waals surface area contributed by atoms with Crippen LogP contribution in [0.1, 0.15) is 36.1 Å². The zero-order valence-electron chi connectivity index (χ0n) is 36.8. The Morgan fingerprint density at radius 1 is 0.682 bits per heavy atom. The van der Waals surface area contributed by atoms with Crippen LogP contribution in [0.2, 0.25) is 0 Å². The van der Waals surface area contributed by atoms with Gasteiger partial charge in [-0.1, -0.05) is 36.4 Å². The molecule has 0 radical (unpaired) electrons. The minimum absolute atomic E-state index is 0.0869. The first-order valence-electron chi connectivity index (χ1n) is 21.9. The predicted molar refractivity (Wildman–Crippen MR) is 253 cm³/mol. The Kier molecular flexibility index (Phi) is 13.9. The monoisotopic (exact) mass is 891 g/mol. The van der Waals surface area contributed by atoms with E-state index in [2.05, 4.69) is 25.1 Å². The second-order valence-corrected chi connectivity index (χ2v) is 16.9. The number of benzene rings is 4. The fourth-order valence-corrected chi connectivity index (χ4v) is 8.71. The van der Waals surface area contributed by atoms with E-state index in [0.29, 0.717) is 80.2 Å². The fraction of sp³-hybridized carbons (Fsp3) is 0.255. The van der Waals surface area contributed by atoms with Crippen LogP contribution >= 0.6 is 0 Å². The predicted octanol–water partition coefficient (Wildman–Crippen LogP) is 7.08. The van der Waals surface area contributed by atoms with Crippen molar-refractivity contribution in [1.29, 1.82) is 0 Å². The van der Waals surface area contributed by atoms with Crippen molar-refractivity contribution in [2.75, 3.05) is 56.0 Å². The highest BCUT2D eigenvalue weighted by atomic mass is 19.1. The van der Waals surface area contributed by atoms with Crippen LogP contribution in [0.3, 0.4) is 0 Å². The van der Waals surface area contributed by atoms with Crippen molar-refractivity contribution in [1.82, 2.24) is 29.6 Å². The van der Waals surface area contributed by atoms with E-state index in [0.717, 1.165) is 26.8 Å². The molecule has 5 amide bonds. The molecule has 2 aromatic heterocycles. The minimum atomic E-state index is -0.896. The number of aromatic nitrogens is 2. The second kappa shape index (κ2) is 20.2. The molecule has 0 bridgehead atoms. The average Bonchev–Trinajstić information content (AvgIpc) is 3.30. The Morgan fingerprint density at radius 3 is 1.70 bits per heavy atom. The summed E-state index contributed by atoms with van der Waals surface area (Å²) in [5.74, 6) is -1.54. The summed E-state index contributed by atoms with van der Waals surface area (Å²) in [5, 5.41) is 4.44. The first-order chi connectivity index (χ1) is 31.9. The highest BCUT2D eigenvalue weighted by Crippen LogP contribution is 2.29. The first-order valence-corrected chi connectivity index (χ1v) is 21.9. The van der Waals surface area contributed by atoms with Crippen LogP contribution in [0.25, 0.3) is 34.0 Å². The summed E-state index contributed by atoms with van der Waals surface area (Å²) in [6.45, 7) is 8.34. The molecule has 3 N–H and O–H groups in total. The van der Waals surface area contributed by atoms with Crippen LogP contribution < -0.4 is 16.0 Å². The van der Waals surface area contributed by atoms with E-state index in [9.17, 15) is 28.0 Å². The molecule has 4 aromatic carbocycles. The third-order valence-electron chi connectivity index (χ3n) is 12.1. The molecule has 13 nitrogen and oxygen atoms in total. The topological polar surface area (TPSA) is 148 Å². The van der Waals surface area contributed by atoms with Crippen LogP contribution in [0.4, 0.5) is 25.0 Å². The van der Waals surface area contributed by atoms with E-state index >= 15 is 0 Å². The van der Waals surface area contributed by atoms with E-state index in [1.807, 2.05) is 26.0 Å². The maximum absolute atomic E-state index is 14.0. The highest BCUT2D eigenvalue weighted by Gasteiger charge is 2.28. The summed E-state index contributed by atoms with van der Waals surface area (Å²) >= 11 is 0. The summed E-state index contributed by atoms with van der Waals surface area (Å²) < 4.78 is 26.9. The fourth-order valence-electron chi connectivity index (χ4n) is 8.71. The summed E-state index contributed by atoms with van der Waals surface area (Å²) in [6, 6.07) is 26.1. The number of halogens is 2. The number of hydrogen-bond acceptors (Lipinski definition) is 8. The lowest BCUT2D eigenvalue weighted by molar-refractivity contribution is -0.131. The van der Waals surface area contributed by atoms with Crippen LogP contribution in [0.5, 0.6) is 0 Å². The van der Waals surface area contributed by atoms with Gasteiger partial charge in [-0.15, -0.1) is 0 Å². The molecule has 8 rings (SSSR count). The lowest BCUT2D eigenvalue weighted by Gasteiger charge is -2.39. The Balaban J connectivity index is 0.976. The molecule has 4 heterocycles. The van der Waals surface area contributed by atoms with Gasteiger partial charge >= 0.3 is 6.03 Å². The van der Waals surface area contributed by atoms with Crippen molar-refractivity contribution in [2.45, 2.75) is 39.0 Å². The van der Waals surface area contributed by atoms with Crippen LogP contribution in [-0.2, 0) is 27.5 Å². The number of carbonyl (C=O) groups excluding carboxylic acids is 4. The van der Waals surface area contributed by atoms with E-state index in [-0.39, 0.29) is 41.2 Å². The SMILES string of the molecule is C[C@@H]1CN(Cc2ccc(F)cc2)CCN1C(=O)/C=C/c1cc2ncccc2cc1NC(=O)CN(C(N)=O)c1cc2ncccc2cc1/C=C/C(=O)N1CCN(Cc2ccc(F)cc2)C[C@H]1C. The van der Waals surface area contributed by atoms with Crippen LogP contribution in [-0.4, -0.2) is 111 Å². The number of piperazine rings is 2. The minimum Gasteiger partial charge on any atom is -0.351 e. The molecular weight excluding hydrogens is 841 g/mol. The molecule has 2 aliphatic heterocycles. The van der Waals surface area contributed by atoms with Gasteiger partial charge in [0.15, 0.2) is 0 Å². The number of amides is 5. The molecule has 2 saturated heterocycles. The zero-order valence-corrected chi connectivity index (χ0v) is 36.8. The number of carbonyl (C=O) groups is 4. The summed E-state index contributed by atoms with van der Waals surface area (Å²) in [5.41, 5.74) is 10.9. The molecule has 15 heteroatoms. The van der Waals surface area contributed by atoms with E-state index in [1.165, 1.54) is 36.4 Å². The van der Waals surface area contributed by atoms with Crippen molar-refractivity contribution in [3.63, 3.8) is 0 Å². The Labute approximate surface area is 381 Å². The molecule has 66 heavy (non-hydrogen) atoms. The molecule has 2 fully saturated rings. The molecule has 338 valence electrons. The average molecular weight is 892 g/mol. The summed E-state index contributed by atoms with van der Waals surface area (Å²) in [6.07, 6.45) is 9.50. The van der Waals surface area contributed by atoms with E-state index in [1.54, 1.807) is 95.0 Å². The number of pyridine rings is 2. The third kappa shape index (κ3) is 10.9. The van der Waals surface area contributed by atoms with Gasteiger partial charge in [-0.25, -0.2) is 13.6 Å². The number of fused-ring (bicyclic) bond motifs is 2. The van der Waals surface area contributed by atoms with Gasteiger partial charge in [0.1, 0.15) is 18.2 Å². The van der Waals surface area contributed by atoms with E-state index in [4.69, 9.17) is 5.73 Å². The lowest BCUT2D eigenvalue weighted by atomic mass is 10.1. The highest BCUT2D eigenvalue weighted by molar-refractivity contribution is 6.06. The smallest absolute Gasteiger partial charge is 0.319 e. The number of urea groups is 1. The van der Waals surface area contributed by atoms with Gasteiger partial charge in [0.25, 0.3) is 0 Å². The van der Waals surface area contributed by atoms with Gasteiger partial charge in [0.2, 0.25) is 17.7 Å². The number of nitrogens with one attached hydrogen (secondary N) is 1. The molecule has 6 aromatic rings. The van der Waals surface area contributed by atoms with Crippen LogP contribution in [0, 0.1) is 11.6 Å². The van der Waals surface area contributed by atoms with Gasteiger partial charge in [-0.2, -0.15) is 0 Å². The quantitative estimate of drug-likeness (QED) is 0.124. The number of primary amides is 1. The summed E-state index contributed by atoms with van der Waals surface area (Å²) in [4.78, 5) is 72.8. The van der Waals surface area contributed by atoms with Crippen LogP contribution in [0.15, 0.2) is 122 Å². The maximum Gasteiger partial charge on any atom is 0.319 e. The molecule has 2 atom stereocenters. The maximum atomic E-state index is 14.0.